The molecule has 9 heteroatoms. The molecule has 0 aromatic heterocycles. The summed E-state index contributed by atoms with van der Waals surface area (Å²) < 4.78 is 3.36. The summed E-state index contributed by atoms with van der Waals surface area (Å²) in [5.41, 5.74) is 20.3. The fourth-order valence-corrected chi connectivity index (χ4v) is 15.0. The zero-order chi connectivity index (χ0) is 76.0. The van der Waals surface area contributed by atoms with Crippen LogP contribution in [0, 0.1) is 0 Å². The highest BCUT2D eigenvalue weighted by Gasteiger charge is 2.13. The summed E-state index contributed by atoms with van der Waals surface area (Å²) in [5.74, 6) is 0. The highest BCUT2D eigenvalue weighted by atomic mass is 79.9. The lowest BCUT2D eigenvalue weighted by Crippen LogP contribution is -2.29. The first-order valence-electron chi connectivity index (χ1n) is 36.7. The summed E-state index contributed by atoms with van der Waals surface area (Å²) in [6.45, 7) is 0. The molecule has 0 spiro atoms. The number of benzene rings is 19. The molecule has 113 heavy (non-hydrogen) atoms. The maximum atomic E-state index is 9.08. The second kappa shape index (κ2) is 37.4. The van der Waals surface area contributed by atoms with Crippen LogP contribution in [0.4, 0.5) is 0 Å². The first kappa shape index (κ1) is 79.2. The van der Waals surface area contributed by atoms with Crippen LogP contribution in [0.5, 0.6) is 0 Å². The number of hydrogen-bond donors (Lipinski definition) is 4. The fraction of sp³-hybridized carbons (Fsp3) is 0.0192. The average molecular weight is 1660 g/mol. The number of hydrogen-bond acceptors (Lipinski definition) is 4. The average Bonchev–Trinajstić information content (AvgIpc) is 0.811. The summed E-state index contributed by atoms with van der Waals surface area (Å²) in [4.78, 5) is 0. The first-order valence-corrected chi connectivity index (χ1v) is 39.1. The Kier molecular flexibility index (Phi) is 26.3. The van der Waals surface area contributed by atoms with Gasteiger partial charge in [-0.25, -0.2) is 0 Å². The van der Waals surface area contributed by atoms with Gasteiger partial charge in [0.05, 0.1) is 0 Å². The quantitative estimate of drug-likeness (QED) is 0.103. The van der Waals surface area contributed by atoms with E-state index in [1.807, 2.05) is 66.7 Å². The second-order valence-corrected chi connectivity index (χ2v) is 30.0. The van der Waals surface area contributed by atoms with Crippen LogP contribution in [-0.4, -0.2) is 34.3 Å². The molecule has 0 bridgehead atoms. The van der Waals surface area contributed by atoms with Gasteiger partial charge in [-0.3, -0.25) is 0 Å². The van der Waals surface area contributed by atoms with E-state index < -0.39 is 14.2 Å². The van der Waals surface area contributed by atoms with Gasteiger partial charge in [0.1, 0.15) is 0 Å². The van der Waals surface area contributed by atoms with Gasteiger partial charge in [0, 0.05) is 13.4 Å². The molecule has 0 amide bonds. The number of halogens is 3. The molecule has 19 rings (SSSR count). The van der Waals surface area contributed by atoms with Crippen LogP contribution < -0.4 is 10.9 Å². The molecule has 0 aliphatic rings. The van der Waals surface area contributed by atoms with Gasteiger partial charge in [-0.2, -0.15) is 0 Å². The van der Waals surface area contributed by atoms with E-state index in [1.165, 1.54) is 131 Å². The molecule has 19 aromatic rings. The Morgan fingerprint density at radius 1 is 0.142 bits per heavy atom. The third-order valence-electron chi connectivity index (χ3n) is 19.9. The molecule has 0 heterocycles. The largest absolute Gasteiger partial charge is 0.488 e. The van der Waals surface area contributed by atoms with Gasteiger partial charge in [-0.1, -0.05) is 408 Å². The van der Waals surface area contributed by atoms with Crippen LogP contribution in [0.2, 0.25) is 0 Å². The van der Waals surface area contributed by atoms with Crippen LogP contribution in [0.25, 0.3) is 154 Å². The van der Waals surface area contributed by atoms with E-state index >= 15 is 0 Å². The Hall–Kier alpha value is -11.9. The standard InChI is InChI=1S/C38H26.C26H17Br.C16H13BO2.C12H11BO2.C10H6Br2.2CH4/c1-2-6-27(7-3-1)29-10-12-30(13-11-29)35-20-22-38-26-36(21-23-37(38)25-35)32-16-14-31(15-17-32)34-19-18-28-8-4-5-9-33(28)24-34;27-26-14-13-24-16-23(11-12-25(24)17-26)20-7-5-19(6-8-20)22-10-9-18-3-1-2-4-21(18)15-22;18-17(19)16-9-7-13(8-10-16)15-6-5-12-3-1-2-4-14(12)11-15;14-13(15)12-8-6-11(7-9-12)10-4-2-1-3-5-10;11-9-3-1-7-5-10(12)4-2-8(7)6-9;;/h1-26H;1-17H;1-11,18-19H;1-9,14-15H;1-6H;2*1H4. The lowest BCUT2D eigenvalue weighted by molar-refractivity contribution is 0.424. The fourth-order valence-electron chi connectivity index (χ4n) is 13.8. The SMILES string of the molecule is Brc1ccc2cc(-c3ccc(-c4ccc5ccccc5c4)cc3)ccc2c1.Brc1ccc2cc(Br)ccc2c1.C.C.OB(O)c1ccc(-c2ccc3ccccc3c2)cc1.OB(O)c1ccc(-c2ccccc2)cc1.c1ccc(-c2ccc(-c3ccc4cc(-c5ccc(-c6ccc7ccccc7c6)cc5)ccc4c3)cc2)cc1. The molecule has 0 radical (unpaired) electrons. The Bertz CT molecular complexity index is 6360. The molecule has 0 atom stereocenters. The predicted molar refractivity (Wildman–Crippen MR) is 497 cm³/mol. The van der Waals surface area contributed by atoms with Crippen molar-refractivity contribution >= 4 is 138 Å². The lowest BCUT2D eigenvalue weighted by Gasteiger charge is -2.09. The molecule has 0 saturated heterocycles. The van der Waals surface area contributed by atoms with Gasteiger partial charge in [-0.15, -0.1) is 0 Å². The van der Waals surface area contributed by atoms with Crippen molar-refractivity contribution in [3.63, 3.8) is 0 Å². The zero-order valence-electron chi connectivity index (χ0n) is 60.4. The van der Waals surface area contributed by atoms with Gasteiger partial charge < -0.3 is 20.1 Å². The van der Waals surface area contributed by atoms with Crippen molar-refractivity contribution in [1.82, 2.24) is 0 Å². The molecule has 548 valence electrons. The van der Waals surface area contributed by atoms with Crippen molar-refractivity contribution in [1.29, 1.82) is 0 Å². The van der Waals surface area contributed by atoms with Crippen LogP contribution in [0.1, 0.15) is 14.9 Å². The molecular weight excluding hydrogens is 1570 g/mol. The second-order valence-electron chi connectivity index (χ2n) is 27.3. The van der Waals surface area contributed by atoms with Crippen molar-refractivity contribution in [2.75, 3.05) is 0 Å². The monoisotopic (exact) mass is 1650 g/mol. The third-order valence-corrected chi connectivity index (χ3v) is 21.4. The van der Waals surface area contributed by atoms with Crippen molar-refractivity contribution in [2.24, 2.45) is 0 Å². The Morgan fingerprint density at radius 3 is 0.522 bits per heavy atom. The lowest BCUT2D eigenvalue weighted by atomic mass is 9.80. The van der Waals surface area contributed by atoms with Crippen molar-refractivity contribution in [3.8, 4) is 89.0 Å². The van der Waals surface area contributed by atoms with E-state index in [0.717, 1.165) is 35.7 Å². The highest BCUT2D eigenvalue weighted by molar-refractivity contribution is 9.11. The minimum atomic E-state index is -1.41. The predicted octanol–water partition coefficient (Wildman–Crippen LogP) is 27.6. The van der Waals surface area contributed by atoms with E-state index in [1.54, 1.807) is 24.3 Å². The van der Waals surface area contributed by atoms with E-state index in [2.05, 4.69) is 375 Å². The summed E-state index contributed by atoms with van der Waals surface area (Å²) in [5, 5.41) is 51.1. The summed E-state index contributed by atoms with van der Waals surface area (Å²) >= 11 is 10.4. The van der Waals surface area contributed by atoms with Crippen LogP contribution in [0.3, 0.4) is 0 Å². The van der Waals surface area contributed by atoms with Crippen LogP contribution in [-0.2, 0) is 0 Å². The first-order chi connectivity index (χ1) is 54.3. The van der Waals surface area contributed by atoms with Gasteiger partial charge in [0.2, 0.25) is 0 Å². The normalized spacial score (nSPS) is 10.6. The summed E-state index contributed by atoms with van der Waals surface area (Å²) in [6.07, 6.45) is 0. The van der Waals surface area contributed by atoms with Crippen LogP contribution >= 0.6 is 47.8 Å². The van der Waals surface area contributed by atoms with Gasteiger partial charge in [0.25, 0.3) is 0 Å². The molecule has 0 fully saturated rings. The molecule has 0 aliphatic heterocycles. The highest BCUT2D eigenvalue weighted by Crippen LogP contribution is 2.35. The molecule has 0 unspecified atom stereocenters. The smallest absolute Gasteiger partial charge is 0.423 e. The molecule has 19 aromatic carbocycles. The van der Waals surface area contributed by atoms with Crippen LogP contribution in [0.15, 0.2) is 432 Å². The number of rotatable bonds is 10. The summed E-state index contributed by atoms with van der Waals surface area (Å²) in [7, 11) is -2.81. The summed E-state index contributed by atoms with van der Waals surface area (Å²) in [6, 6.07) is 146. The van der Waals surface area contributed by atoms with Crippen molar-refractivity contribution in [3.05, 3.63) is 432 Å². The Labute approximate surface area is 688 Å². The Morgan fingerprint density at radius 2 is 0.292 bits per heavy atom. The zero-order valence-corrected chi connectivity index (χ0v) is 65.2. The van der Waals surface area contributed by atoms with Gasteiger partial charge in [-0.05, 0) is 237 Å². The minimum Gasteiger partial charge on any atom is -0.423 e. The molecule has 4 nitrogen and oxygen atoms in total. The van der Waals surface area contributed by atoms with Gasteiger partial charge >= 0.3 is 14.2 Å². The molecular formula is C104H81B2Br3O4. The maximum Gasteiger partial charge on any atom is 0.488 e. The number of fused-ring (bicyclic) bond motifs is 6. The van der Waals surface area contributed by atoms with E-state index in [4.69, 9.17) is 20.1 Å². The maximum absolute atomic E-state index is 9.08. The van der Waals surface area contributed by atoms with Crippen molar-refractivity contribution < 1.29 is 20.1 Å². The van der Waals surface area contributed by atoms with Crippen molar-refractivity contribution in [2.45, 2.75) is 14.9 Å². The third kappa shape index (κ3) is 19.9. The van der Waals surface area contributed by atoms with E-state index in [9.17, 15) is 0 Å². The van der Waals surface area contributed by atoms with E-state index in [0.29, 0.717) is 10.9 Å². The molecule has 4 N–H and O–H groups in total. The Balaban J connectivity index is 0.000000131. The molecule has 0 saturated carbocycles. The van der Waals surface area contributed by atoms with E-state index in [-0.39, 0.29) is 14.9 Å². The topological polar surface area (TPSA) is 80.9 Å². The molecule has 0 aliphatic carbocycles. The van der Waals surface area contributed by atoms with Gasteiger partial charge in [0.15, 0.2) is 0 Å². The minimum absolute atomic E-state index is 0.